The van der Waals surface area contributed by atoms with Crippen molar-refractivity contribution in [1.29, 1.82) is 0 Å². The smallest absolute Gasteiger partial charge is 0.323 e. The van der Waals surface area contributed by atoms with Crippen LogP contribution < -0.4 is 0 Å². The maximum Gasteiger partial charge on any atom is 0.323 e. The maximum atomic E-state index is 13.0. The van der Waals surface area contributed by atoms with Gasteiger partial charge < -0.3 is 10.0 Å². The molecular weight excluding hydrogens is 254 g/mol. The highest BCUT2D eigenvalue weighted by molar-refractivity contribution is 5.86. The molecule has 1 amide bonds. The van der Waals surface area contributed by atoms with Crippen molar-refractivity contribution in [3.63, 3.8) is 0 Å². The summed E-state index contributed by atoms with van der Waals surface area (Å²) in [7, 11) is 0. The number of carboxylic acid groups (broad SMARTS) is 1. The molecule has 2 saturated carbocycles. The van der Waals surface area contributed by atoms with E-state index in [2.05, 4.69) is 13.8 Å². The fourth-order valence-electron chi connectivity index (χ4n) is 3.67. The molecule has 0 aliphatic heterocycles. The van der Waals surface area contributed by atoms with E-state index < -0.39 is 5.97 Å². The Labute approximate surface area is 121 Å². The minimum absolute atomic E-state index is 0.109. The van der Waals surface area contributed by atoms with Crippen molar-refractivity contribution in [2.75, 3.05) is 13.1 Å². The number of rotatable bonds is 7. The summed E-state index contributed by atoms with van der Waals surface area (Å²) in [5, 5.41) is 9.08. The topological polar surface area (TPSA) is 57.6 Å². The number of aliphatic carboxylic acids is 1. The highest BCUT2D eigenvalue weighted by Crippen LogP contribution is 2.45. The first-order valence-corrected chi connectivity index (χ1v) is 7.94. The summed E-state index contributed by atoms with van der Waals surface area (Å²) >= 11 is 0. The molecule has 2 aliphatic rings. The van der Waals surface area contributed by atoms with E-state index in [-0.39, 0.29) is 17.9 Å². The highest BCUT2D eigenvalue weighted by Gasteiger charge is 2.44. The predicted molar refractivity (Wildman–Crippen MR) is 77.3 cm³/mol. The summed E-state index contributed by atoms with van der Waals surface area (Å²) in [5.41, 5.74) is -0.279. The zero-order chi connectivity index (χ0) is 14.8. The van der Waals surface area contributed by atoms with Gasteiger partial charge in [-0.1, -0.05) is 26.7 Å². The number of hydrogen-bond donors (Lipinski definition) is 1. The molecule has 2 aliphatic carbocycles. The SMILES string of the molecule is CC(C)CC1(C(=O)N(CC(=O)O)CC2CC2)CCCC1. The fraction of sp³-hybridized carbons (Fsp3) is 0.875. The molecular formula is C16H27NO3. The summed E-state index contributed by atoms with van der Waals surface area (Å²) in [5.74, 6) is 0.232. The van der Waals surface area contributed by atoms with Crippen LogP contribution in [0.3, 0.4) is 0 Å². The number of hydrogen-bond acceptors (Lipinski definition) is 2. The average Bonchev–Trinajstić information content (AvgIpc) is 3.04. The van der Waals surface area contributed by atoms with E-state index in [0.717, 1.165) is 44.9 Å². The second-order valence-electron chi connectivity index (χ2n) is 7.11. The molecule has 1 N–H and O–H groups in total. The lowest BCUT2D eigenvalue weighted by Crippen LogP contribution is -2.46. The van der Waals surface area contributed by atoms with Gasteiger partial charge in [0.1, 0.15) is 6.54 Å². The Morgan fingerprint density at radius 3 is 2.30 bits per heavy atom. The Morgan fingerprint density at radius 1 is 1.25 bits per heavy atom. The Morgan fingerprint density at radius 2 is 1.85 bits per heavy atom. The van der Waals surface area contributed by atoms with Crippen molar-refractivity contribution in [2.45, 2.75) is 58.8 Å². The molecule has 0 aromatic carbocycles. The van der Waals surface area contributed by atoms with Gasteiger partial charge in [0.2, 0.25) is 5.91 Å². The molecule has 0 unspecified atom stereocenters. The number of amides is 1. The molecule has 0 saturated heterocycles. The first-order chi connectivity index (χ1) is 9.43. The van der Waals surface area contributed by atoms with Gasteiger partial charge >= 0.3 is 5.97 Å². The van der Waals surface area contributed by atoms with E-state index in [0.29, 0.717) is 18.4 Å². The zero-order valence-corrected chi connectivity index (χ0v) is 12.7. The van der Waals surface area contributed by atoms with Crippen LogP contribution in [0.25, 0.3) is 0 Å². The van der Waals surface area contributed by atoms with Crippen LogP contribution in [0.5, 0.6) is 0 Å². The quantitative estimate of drug-likeness (QED) is 0.780. The van der Waals surface area contributed by atoms with Crippen LogP contribution in [0.1, 0.15) is 58.8 Å². The standard InChI is InChI=1S/C16H27NO3/c1-12(2)9-16(7-3-4-8-16)15(20)17(11-14(18)19)10-13-5-6-13/h12-13H,3-11H2,1-2H3,(H,18,19). The Kier molecular flexibility index (Phi) is 4.71. The predicted octanol–water partition coefficient (Wildman–Crippen LogP) is 2.92. The van der Waals surface area contributed by atoms with Crippen LogP contribution in [0.15, 0.2) is 0 Å². The summed E-state index contributed by atoms with van der Waals surface area (Å²) in [6.07, 6.45) is 7.25. The first-order valence-electron chi connectivity index (χ1n) is 7.94. The van der Waals surface area contributed by atoms with E-state index >= 15 is 0 Å². The summed E-state index contributed by atoms with van der Waals surface area (Å²) in [4.78, 5) is 25.7. The second-order valence-corrected chi connectivity index (χ2v) is 7.11. The van der Waals surface area contributed by atoms with E-state index in [1.54, 1.807) is 4.90 Å². The van der Waals surface area contributed by atoms with Gasteiger partial charge in [0.15, 0.2) is 0 Å². The third-order valence-corrected chi connectivity index (χ3v) is 4.60. The maximum absolute atomic E-state index is 13.0. The molecule has 4 nitrogen and oxygen atoms in total. The third-order valence-electron chi connectivity index (χ3n) is 4.60. The molecule has 2 rings (SSSR count). The normalized spacial score (nSPS) is 21.1. The molecule has 2 fully saturated rings. The summed E-state index contributed by atoms with van der Waals surface area (Å²) in [6, 6.07) is 0. The van der Waals surface area contributed by atoms with Crippen molar-refractivity contribution in [3.8, 4) is 0 Å². The van der Waals surface area contributed by atoms with Gasteiger partial charge in [0.25, 0.3) is 0 Å². The number of carbonyl (C=O) groups is 2. The molecule has 114 valence electrons. The van der Waals surface area contributed by atoms with Gasteiger partial charge in [-0.3, -0.25) is 9.59 Å². The Balaban J connectivity index is 2.11. The number of nitrogens with zero attached hydrogens (tertiary/aromatic N) is 1. The summed E-state index contributed by atoms with van der Waals surface area (Å²) < 4.78 is 0. The molecule has 0 aromatic rings. The molecule has 0 spiro atoms. The van der Waals surface area contributed by atoms with Crippen molar-refractivity contribution >= 4 is 11.9 Å². The van der Waals surface area contributed by atoms with Gasteiger partial charge in [-0.05, 0) is 43.9 Å². The van der Waals surface area contributed by atoms with Crippen LogP contribution >= 0.6 is 0 Å². The van der Waals surface area contributed by atoms with Crippen molar-refractivity contribution < 1.29 is 14.7 Å². The van der Waals surface area contributed by atoms with Gasteiger partial charge in [-0.25, -0.2) is 0 Å². The van der Waals surface area contributed by atoms with Gasteiger partial charge in [-0.15, -0.1) is 0 Å². The van der Waals surface area contributed by atoms with Gasteiger partial charge in [-0.2, -0.15) is 0 Å². The van der Waals surface area contributed by atoms with E-state index in [4.69, 9.17) is 5.11 Å². The Bertz CT molecular complexity index is 368. The molecule has 20 heavy (non-hydrogen) atoms. The molecule has 0 aromatic heterocycles. The van der Waals surface area contributed by atoms with Crippen LogP contribution in [0.4, 0.5) is 0 Å². The Hall–Kier alpha value is -1.06. The van der Waals surface area contributed by atoms with Crippen LogP contribution in [-0.4, -0.2) is 35.0 Å². The number of carboxylic acids is 1. The third kappa shape index (κ3) is 3.74. The molecule has 0 atom stereocenters. The zero-order valence-electron chi connectivity index (χ0n) is 12.7. The molecule has 4 heteroatoms. The van der Waals surface area contributed by atoms with E-state index in [1.807, 2.05) is 0 Å². The highest BCUT2D eigenvalue weighted by atomic mass is 16.4. The second kappa shape index (κ2) is 6.15. The lowest BCUT2D eigenvalue weighted by Gasteiger charge is -2.35. The molecule has 0 radical (unpaired) electrons. The summed E-state index contributed by atoms with van der Waals surface area (Å²) in [6.45, 7) is 4.81. The van der Waals surface area contributed by atoms with E-state index in [9.17, 15) is 9.59 Å². The lowest BCUT2D eigenvalue weighted by molar-refractivity contribution is -0.150. The lowest BCUT2D eigenvalue weighted by atomic mass is 9.77. The van der Waals surface area contributed by atoms with E-state index in [1.165, 1.54) is 0 Å². The largest absolute Gasteiger partial charge is 0.480 e. The first kappa shape index (κ1) is 15.3. The molecule has 0 heterocycles. The minimum Gasteiger partial charge on any atom is -0.480 e. The average molecular weight is 281 g/mol. The van der Waals surface area contributed by atoms with Gasteiger partial charge in [0.05, 0.1) is 0 Å². The fourth-order valence-corrected chi connectivity index (χ4v) is 3.67. The van der Waals surface area contributed by atoms with Crippen LogP contribution in [0.2, 0.25) is 0 Å². The minimum atomic E-state index is -0.892. The number of carbonyl (C=O) groups excluding carboxylic acids is 1. The van der Waals surface area contributed by atoms with Crippen LogP contribution in [0, 0.1) is 17.3 Å². The monoisotopic (exact) mass is 281 g/mol. The van der Waals surface area contributed by atoms with Crippen molar-refractivity contribution in [3.05, 3.63) is 0 Å². The van der Waals surface area contributed by atoms with Crippen LogP contribution in [-0.2, 0) is 9.59 Å². The van der Waals surface area contributed by atoms with Crippen molar-refractivity contribution in [2.24, 2.45) is 17.3 Å². The van der Waals surface area contributed by atoms with Gasteiger partial charge in [0, 0.05) is 12.0 Å². The molecule has 0 bridgehead atoms. The van der Waals surface area contributed by atoms with Crippen molar-refractivity contribution in [1.82, 2.24) is 4.90 Å².